The lowest BCUT2D eigenvalue weighted by Gasteiger charge is -2.30. The molecule has 8 heteroatoms. The SMILES string of the molecule is N#Cc1ccccc1-c1cnn2c(C3CCN(C(=O)O)CC3)cc(=O)[nH]c12. The Morgan fingerprint density at radius 1 is 1.26 bits per heavy atom. The predicted octanol–water partition coefficient (Wildman–Crippen LogP) is 2.42. The number of nitrogens with one attached hydrogen (secondary N) is 1. The average Bonchev–Trinajstić information content (AvgIpc) is 3.10. The van der Waals surface area contributed by atoms with Gasteiger partial charge in [-0.3, -0.25) is 4.79 Å². The van der Waals surface area contributed by atoms with Crippen molar-refractivity contribution >= 4 is 11.7 Å². The smallest absolute Gasteiger partial charge is 0.407 e. The maximum atomic E-state index is 12.3. The number of H-pyrrole nitrogens is 1. The number of carbonyl (C=O) groups is 1. The number of hydrogen-bond donors (Lipinski definition) is 2. The summed E-state index contributed by atoms with van der Waals surface area (Å²) < 4.78 is 1.70. The molecule has 3 heterocycles. The van der Waals surface area contributed by atoms with Crippen LogP contribution in [-0.2, 0) is 0 Å². The Morgan fingerprint density at radius 3 is 2.70 bits per heavy atom. The normalized spacial score (nSPS) is 15.0. The van der Waals surface area contributed by atoms with Gasteiger partial charge in [0.25, 0.3) is 5.56 Å². The van der Waals surface area contributed by atoms with Crippen LogP contribution in [0.4, 0.5) is 4.79 Å². The summed E-state index contributed by atoms with van der Waals surface area (Å²) in [6.07, 6.45) is 2.00. The van der Waals surface area contributed by atoms with Crippen LogP contribution in [0.1, 0.15) is 30.0 Å². The number of fused-ring (bicyclic) bond motifs is 1. The van der Waals surface area contributed by atoms with E-state index in [-0.39, 0.29) is 11.5 Å². The zero-order valence-corrected chi connectivity index (χ0v) is 14.4. The molecule has 27 heavy (non-hydrogen) atoms. The van der Waals surface area contributed by atoms with Gasteiger partial charge in [-0.25, -0.2) is 9.31 Å². The summed E-state index contributed by atoms with van der Waals surface area (Å²) in [7, 11) is 0. The Kier molecular flexibility index (Phi) is 4.12. The fraction of sp³-hybridized carbons (Fsp3) is 0.263. The molecule has 4 rings (SSSR count). The molecule has 1 amide bonds. The quantitative estimate of drug-likeness (QED) is 0.726. The van der Waals surface area contributed by atoms with Crippen LogP contribution in [0.25, 0.3) is 16.8 Å². The van der Waals surface area contributed by atoms with Crippen LogP contribution in [0.15, 0.2) is 41.3 Å². The number of benzene rings is 1. The molecule has 1 saturated heterocycles. The molecule has 0 atom stereocenters. The van der Waals surface area contributed by atoms with Crippen molar-refractivity contribution in [2.75, 3.05) is 13.1 Å². The number of hydrogen-bond acceptors (Lipinski definition) is 4. The van der Waals surface area contributed by atoms with Crippen molar-refractivity contribution in [2.24, 2.45) is 0 Å². The second kappa shape index (κ2) is 6.61. The van der Waals surface area contributed by atoms with Crippen LogP contribution in [0.3, 0.4) is 0 Å². The Morgan fingerprint density at radius 2 is 2.00 bits per heavy atom. The molecule has 1 aromatic carbocycles. The number of carboxylic acid groups (broad SMARTS) is 1. The summed E-state index contributed by atoms with van der Waals surface area (Å²) in [6, 6.07) is 10.9. The standard InChI is InChI=1S/C19H17N5O3/c20-10-13-3-1-2-4-14(13)15-11-21-24-16(9-17(25)22-18(15)24)12-5-7-23(8-6-12)19(26)27/h1-4,9,11-12H,5-8H2,(H,22,25)(H,26,27). The molecule has 3 aromatic rings. The summed E-state index contributed by atoms with van der Waals surface area (Å²) in [5.74, 6) is 0.0457. The summed E-state index contributed by atoms with van der Waals surface area (Å²) in [5.41, 5.74) is 2.97. The van der Waals surface area contributed by atoms with Gasteiger partial charge in [-0.15, -0.1) is 0 Å². The average molecular weight is 363 g/mol. The first-order valence-electron chi connectivity index (χ1n) is 8.67. The van der Waals surface area contributed by atoms with E-state index in [4.69, 9.17) is 5.11 Å². The van der Waals surface area contributed by atoms with Crippen molar-refractivity contribution in [1.82, 2.24) is 19.5 Å². The van der Waals surface area contributed by atoms with Gasteiger partial charge in [0.05, 0.1) is 23.5 Å². The summed E-state index contributed by atoms with van der Waals surface area (Å²) in [5, 5.41) is 22.9. The van der Waals surface area contributed by atoms with Gasteiger partial charge in [0, 0.05) is 36.2 Å². The van der Waals surface area contributed by atoms with Crippen molar-refractivity contribution in [3.63, 3.8) is 0 Å². The van der Waals surface area contributed by atoms with Crippen molar-refractivity contribution in [3.05, 3.63) is 58.1 Å². The van der Waals surface area contributed by atoms with Crippen molar-refractivity contribution in [2.45, 2.75) is 18.8 Å². The zero-order valence-electron chi connectivity index (χ0n) is 14.4. The van der Waals surface area contributed by atoms with E-state index in [1.165, 1.54) is 11.0 Å². The fourth-order valence-corrected chi connectivity index (χ4v) is 3.68. The van der Waals surface area contributed by atoms with E-state index in [2.05, 4.69) is 16.2 Å². The lowest BCUT2D eigenvalue weighted by molar-refractivity contribution is 0.131. The summed E-state index contributed by atoms with van der Waals surface area (Å²) in [6.45, 7) is 0.860. The van der Waals surface area contributed by atoms with Crippen LogP contribution >= 0.6 is 0 Å². The molecule has 136 valence electrons. The molecule has 1 aliphatic heterocycles. The van der Waals surface area contributed by atoms with Crippen molar-refractivity contribution in [3.8, 4) is 17.2 Å². The topological polar surface area (TPSA) is 114 Å². The van der Waals surface area contributed by atoms with Crippen LogP contribution < -0.4 is 5.56 Å². The third-order valence-corrected chi connectivity index (χ3v) is 5.06. The number of rotatable bonds is 2. The maximum absolute atomic E-state index is 12.3. The first-order valence-corrected chi connectivity index (χ1v) is 8.67. The number of aromatic nitrogens is 3. The van der Waals surface area contributed by atoms with E-state index in [0.717, 1.165) is 5.69 Å². The molecular formula is C19H17N5O3. The van der Waals surface area contributed by atoms with Gasteiger partial charge in [0.1, 0.15) is 5.65 Å². The monoisotopic (exact) mass is 363 g/mol. The predicted molar refractivity (Wildman–Crippen MR) is 97.5 cm³/mol. The highest BCUT2D eigenvalue weighted by molar-refractivity contribution is 5.80. The minimum absolute atomic E-state index is 0.0457. The third-order valence-electron chi connectivity index (χ3n) is 5.06. The molecule has 2 N–H and O–H groups in total. The molecule has 0 bridgehead atoms. The van der Waals surface area contributed by atoms with Gasteiger partial charge >= 0.3 is 6.09 Å². The zero-order chi connectivity index (χ0) is 19.0. The van der Waals surface area contributed by atoms with E-state index in [0.29, 0.717) is 48.3 Å². The second-order valence-corrected chi connectivity index (χ2v) is 6.58. The molecule has 2 aromatic heterocycles. The number of likely N-dealkylation sites (tertiary alicyclic amines) is 1. The number of piperidine rings is 1. The van der Waals surface area contributed by atoms with Gasteiger partial charge in [-0.1, -0.05) is 18.2 Å². The van der Waals surface area contributed by atoms with Gasteiger partial charge < -0.3 is 15.0 Å². The molecule has 8 nitrogen and oxygen atoms in total. The molecule has 1 aliphatic rings. The number of aromatic amines is 1. The van der Waals surface area contributed by atoms with Crippen LogP contribution in [-0.4, -0.2) is 43.8 Å². The van der Waals surface area contributed by atoms with Gasteiger partial charge in [-0.2, -0.15) is 10.4 Å². The Balaban J connectivity index is 1.79. The van der Waals surface area contributed by atoms with E-state index >= 15 is 0 Å². The largest absolute Gasteiger partial charge is 0.465 e. The highest BCUT2D eigenvalue weighted by Gasteiger charge is 2.26. The molecular weight excluding hydrogens is 346 g/mol. The van der Waals surface area contributed by atoms with Gasteiger partial charge in [-0.05, 0) is 18.9 Å². The third kappa shape index (κ3) is 2.93. The first-order chi connectivity index (χ1) is 13.1. The lowest BCUT2D eigenvalue weighted by atomic mass is 9.93. The minimum Gasteiger partial charge on any atom is -0.465 e. The highest BCUT2D eigenvalue weighted by atomic mass is 16.4. The van der Waals surface area contributed by atoms with E-state index in [1.54, 1.807) is 22.8 Å². The lowest BCUT2D eigenvalue weighted by Crippen LogP contribution is -2.37. The Labute approximate surface area is 154 Å². The Hall–Kier alpha value is -3.60. The van der Waals surface area contributed by atoms with Crippen LogP contribution in [0, 0.1) is 11.3 Å². The molecule has 0 unspecified atom stereocenters. The summed E-state index contributed by atoms with van der Waals surface area (Å²) in [4.78, 5) is 27.6. The van der Waals surface area contributed by atoms with Crippen molar-refractivity contribution in [1.29, 1.82) is 5.26 Å². The van der Waals surface area contributed by atoms with Crippen molar-refractivity contribution < 1.29 is 9.90 Å². The van der Waals surface area contributed by atoms with E-state index in [9.17, 15) is 14.9 Å². The minimum atomic E-state index is -0.918. The molecule has 0 saturated carbocycles. The van der Waals surface area contributed by atoms with E-state index < -0.39 is 6.09 Å². The first kappa shape index (κ1) is 16.8. The molecule has 1 fully saturated rings. The molecule has 0 radical (unpaired) electrons. The number of nitriles is 1. The second-order valence-electron chi connectivity index (χ2n) is 6.58. The maximum Gasteiger partial charge on any atom is 0.407 e. The Bertz CT molecular complexity index is 1120. The van der Waals surface area contributed by atoms with Gasteiger partial charge in [0.2, 0.25) is 0 Å². The molecule has 0 spiro atoms. The van der Waals surface area contributed by atoms with Gasteiger partial charge in [0.15, 0.2) is 0 Å². The molecule has 0 aliphatic carbocycles. The number of amides is 1. The van der Waals surface area contributed by atoms with Crippen LogP contribution in [0.5, 0.6) is 0 Å². The highest BCUT2D eigenvalue weighted by Crippen LogP contribution is 2.31. The summed E-state index contributed by atoms with van der Waals surface area (Å²) >= 11 is 0. The number of nitrogens with zero attached hydrogens (tertiary/aromatic N) is 4. The van der Waals surface area contributed by atoms with E-state index in [1.807, 2.05) is 12.1 Å². The van der Waals surface area contributed by atoms with Crippen LogP contribution in [0.2, 0.25) is 0 Å². The fourth-order valence-electron chi connectivity index (χ4n) is 3.68.